The van der Waals surface area contributed by atoms with Crippen LogP contribution in [0.15, 0.2) is 12.3 Å². The summed E-state index contributed by atoms with van der Waals surface area (Å²) in [7, 11) is -0.641. The molecule has 0 atom stereocenters. The number of nitrogens with one attached hydrogen (secondary N) is 1. The molecule has 6 heteroatoms. The van der Waals surface area contributed by atoms with E-state index in [2.05, 4.69) is 10.3 Å². The number of nitrogen functional groups attached to an aromatic ring is 1. The van der Waals surface area contributed by atoms with Crippen molar-refractivity contribution in [3.63, 3.8) is 0 Å². The van der Waals surface area contributed by atoms with E-state index in [-0.39, 0.29) is 0 Å². The summed E-state index contributed by atoms with van der Waals surface area (Å²) in [5.41, 5.74) is 6.12. The fourth-order valence-electron chi connectivity index (χ4n) is 1.69. The molecular weight excluding hydrogens is 246 g/mol. The largest absolute Gasteiger partial charge is 0.397 e. The van der Waals surface area contributed by atoms with Crippen LogP contribution in [-0.4, -0.2) is 26.7 Å². The van der Waals surface area contributed by atoms with Gasteiger partial charge in [-0.25, -0.2) is 4.98 Å². The molecule has 0 saturated carbocycles. The van der Waals surface area contributed by atoms with Crippen LogP contribution in [0.2, 0.25) is 5.02 Å². The third kappa shape index (κ3) is 2.86. The van der Waals surface area contributed by atoms with E-state index < -0.39 is 10.8 Å². The molecule has 4 nitrogen and oxygen atoms in total. The Hall–Kier alpha value is -0.810. The second-order valence-electron chi connectivity index (χ2n) is 3.87. The number of nitrogens with two attached hydrogens (primary N) is 1. The van der Waals surface area contributed by atoms with Crippen molar-refractivity contribution >= 4 is 33.9 Å². The van der Waals surface area contributed by atoms with E-state index in [9.17, 15) is 4.21 Å². The van der Waals surface area contributed by atoms with Crippen molar-refractivity contribution in [3.05, 3.63) is 17.3 Å². The van der Waals surface area contributed by atoms with Crippen LogP contribution in [0.5, 0.6) is 0 Å². The summed E-state index contributed by atoms with van der Waals surface area (Å²) in [4.78, 5) is 4.15. The average molecular weight is 260 g/mol. The molecule has 0 aromatic carbocycles. The first kappa shape index (κ1) is 11.7. The molecule has 16 heavy (non-hydrogen) atoms. The molecule has 1 aliphatic heterocycles. The first-order valence-corrected chi connectivity index (χ1v) is 7.04. The van der Waals surface area contributed by atoms with Gasteiger partial charge in [-0.05, 0) is 18.9 Å². The number of halogens is 1. The molecule has 2 rings (SSSR count). The Bertz CT molecular complexity index is 403. The highest BCUT2D eigenvalue weighted by Crippen LogP contribution is 2.23. The smallest absolute Gasteiger partial charge is 0.145 e. The van der Waals surface area contributed by atoms with Gasteiger partial charge in [0.15, 0.2) is 0 Å². The number of nitrogens with zero attached hydrogens (tertiary/aromatic N) is 1. The Balaban J connectivity index is 2.01. The lowest BCUT2D eigenvalue weighted by Gasteiger charge is -2.23. The summed E-state index contributed by atoms with van der Waals surface area (Å²) >= 11 is 6.01. The molecule has 3 N–H and O–H groups in total. The Morgan fingerprint density at radius 3 is 2.81 bits per heavy atom. The van der Waals surface area contributed by atoms with Gasteiger partial charge < -0.3 is 11.1 Å². The van der Waals surface area contributed by atoms with E-state index in [1.54, 1.807) is 12.3 Å². The zero-order valence-electron chi connectivity index (χ0n) is 8.78. The van der Waals surface area contributed by atoms with E-state index in [1.807, 2.05) is 0 Å². The van der Waals surface area contributed by atoms with Gasteiger partial charge >= 0.3 is 0 Å². The second kappa shape index (κ2) is 5.01. The Morgan fingerprint density at radius 2 is 2.19 bits per heavy atom. The van der Waals surface area contributed by atoms with Crippen LogP contribution in [0.1, 0.15) is 12.8 Å². The summed E-state index contributed by atoms with van der Waals surface area (Å²) in [6.07, 6.45) is 3.37. The zero-order chi connectivity index (χ0) is 11.5. The van der Waals surface area contributed by atoms with Crippen molar-refractivity contribution in [2.24, 2.45) is 0 Å². The second-order valence-corrected chi connectivity index (χ2v) is 5.97. The van der Waals surface area contributed by atoms with Crippen LogP contribution in [0.25, 0.3) is 0 Å². The lowest BCUT2D eigenvalue weighted by molar-refractivity contribution is 0.622. The van der Waals surface area contributed by atoms with E-state index in [0.717, 1.165) is 24.3 Å². The minimum atomic E-state index is -0.641. The first-order valence-electron chi connectivity index (χ1n) is 5.17. The molecule has 0 amide bonds. The van der Waals surface area contributed by atoms with Crippen LogP contribution in [-0.2, 0) is 10.8 Å². The standard InChI is InChI=1S/C10H14ClN3OS/c11-9-5-7(12)6-13-10(9)14-8-1-3-16(15)4-2-8/h5-6,8H,1-4,12H2,(H,13,14). The average Bonchev–Trinajstić information content (AvgIpc) is 2.25. The highest BCUT2D eigenvalue weighted by molar-refractivity contribution is 7.85. The van der Waals surface area contributed by atoms with E-state index in [1.165, 1.54) is 0 Å². The quantitative estimate of drug-likeness (QED) is 0.847. The highest BCUT2D eigenvalue weighted by atomic mass is 35.5. The van der Waals surface area contributed by atoms with Gasteiger partial charge in [-0.15, -0.1) is 0 Å². The number of rotatable bonds is 2. The highest BCUT2D eigenvalue weighted by Gasteiger charge is 2.18. The minimum absolute atomic E-state index is 0.311. The van der Waals surface area contributed by atoms with Crippen molar-refractivity contribution < 1.29 is 4.21 Å². The molecule has 88 valence electrons. The first-order chi connectivity index (χ1) is 7.65. The summed E-state index contributed by atoms with van der Waals surface area (Å²) < 4.78 is 11.2. The van der Waals surface area contributed by atoms with Gasteiger partial charge in [0.05, 0.1) is 16.9 Å². The van der Waals surface area contributed by atoms with Gasteiger partial charge in [0.2, 0.25) is 0 Å². The number of hydrogen-bond acceptors (Lipinski definition) is 4. The summed E-state index contributed by atoms with van der Waals surface area (Å²) in [5.74, 6) is 2.17. The Morgan fingerprint density at radius 1 is 1.50 bits per heavy atom. The van der Waals surface area contributed by atoms with Crippen molar-refractivity contribution in [3.8, 4) is 0 Å². The van der Waals surface area contributed by atoms with Crippen LogP contribution < -0.4 is 11.1 Å². The molecule has 0 bridgehead atoms. The third-order valence-electron chi connectivity index (χ3n) is 2.59. The predicted molar refractivity (Wildman–Crippen MR) is 68.2 cm³/mol. The molecule has 0 unspecified atom stereocenters. The molecule has 2 heterocycles. The van der Waals surface area contributed by atoms with Gasteiger partial charge in [0.25, 0.3) is 0 Å². The van der Waals surface area contributed by atoms with Gasteiger partial charge in [0.1, 0.15) is 5.82 Å². The van der Waals surface area contributed by atoms with Crippen molar-refractivity contribution in [1.82, 2.24) is 4.98 Å². The third-order valence-corrected chi connectivity index (χ3v) is 4.26. The summed E-state index contributed by atoms with van der Waals surface area (Å²) in [5, 5.41) is 3.80. The van der Waals surface area contributed by atoms with Gasteiger partial charge in [-0.3, -0.25) is 4.21 Å². The normalized spacial score (nSPS) is 25.3. The van der Waals surface area contributed by atoms with Crippen LogP contribution in [0.3, 0.4) is 0 Å². The topological polar surface area (TPSA) is 68.0 Å². The fourth-order valence-corrected chi connectivity index (χ4v) is 3.22. The van der Waals surface area contributed by atoms with Gasteiger partial charge in [-0.2, -0.15) is 0 Å². The summed E-state index contributed by atoms with van der Waals surface area (Å²) in [6, 6.07) is 1.99. The molecule has 0 aliphatic carbocycles. The summed E-state index contributed by atoms with van der Waals surface area (Å²) in [6.45, 7) is 0. The SMILES string of the molecule is Nc1cnc(NC2CCS(=O)CC2)c(Cl)c1. The lowest BCUT2D eigenvalue weighted by Crippen LogP contribution is -2.29. The van der Waals surface area contributed by atoms with E-state index >= 15 is 0 Å². The minimum Gasteiger partial charge on any atom is -0.397 e. The monoisotopic (exact) mass is 259 g/mol. The van der Waals surface area contributed by atoms with Crippen molar-refractivity contribution in [1.29, 1.82) is 0 Å². The zero-order valence-corrected chi connectivity index (χ0v) is 10.4. The molecule has 1 fully saturated rings. The fraction of sp³-hybridized carbons (Fsp3) is 0.500. The lowest BCUT2D eigenvalue weighted by atomic mass is 10.1. The van der Waals surface area contributed by atoms with Crippen molar-refractivity contribution in [2.45, 2.75) is 18.9 Å². The Kier molecular flexibility index (Phi) is 3.66. The number of anilines is 2. The van der Waals surface area contributed by atoms with Crippen molar-refractivity contribution in [2.75, 3.05) is 22.6 Å². The molecule has 1 saturated heterocycles. The van der Waals surface area contributed by atoms with Gasteiger partial charge in [-0.1, -0.05) is 11.6 Å². The molecule has 1 aromatic rings. The predicted octanol–water partition coefficient (Wildman–Crippen LogP) is 1.64. The molecule has 1 aliphatic rings. The Labute approximate surface area is 102 Å². The number of aromatic nitrogens is 1. The maximum Gasteiger partial charge on any atom is 0.145 e. The maximum atomic E-state index is 11.2. The molecule has 1 aromatic heterocycles. The number of pyridine rings is 1. The maximum absolute atomic E-state index is 11.2. The van der Waals surface area contributed by atoms with E-state index in [4.69, 9.17) is 17.3 Å². The molecule has 0 radical (unpaired) electrons. The van der Waals surface area contributed by atoms with Crippen LogP contribution in [0.4, 0.5) is 11.5 Å². The number of hydrogen-bond donors (Lipinski definition) is 2. The van der Waals surface area contributed by atoms with E-state index in [0.29, 0.717) is 22.6 Å². The van der Waals surface area contributed by atoms with Crippen LogP contribution in [0, 0.1) is 0 Å². The molecular formula is C10H14ClN3OS. The van der Waals surface area contributed by atoms with Crippen LogP contribution >= 0.6 is 11.6 Å². The molecule has 0 spiro atoms. The van der Waals surface area contributed by atoms with Gasteiger partial charge in [0, 0.05) is 28.3 Å².